The molecular formula is C24H23N3O2S3. The number of carbonyl (C=O) groups excluding carboxylic acids is 1. The molecule has 0 bridgehead atoms. The second-order valence-corrected chi connectivity index (χ2v) is 10.8. The molecule has 5 rings (SSSR count). The van der Waals surface area contributed by atoms with Crippen molar-refractivity contribution < 1.29 is 4.79 Å². The third-order valence-corrected chi connectivity index (χ3v) is 8.54. The topological polar surface area (TPSA) is 56.9 Å². The van der Waals surface area contributed by atoms with Crippen LogP contribution in [0.5, 0.6) is 0 Å². The summed E-state index contributed by atoms with van der Waals surface area (Å²) in [5.74, 6) is 0.313. The summed E-state index contributed by atoms with van der Waals surface area (Å²) in [6.07, 6.45) is 4.07. The first-order chi connectivity index (χ1) is 15.5. The Hall–Kier alpha value is -2.42. The van der Waals surface area contributed by atoms with Crippen molar-refractivity contribution in [3.63, 3.8) is 0 Å². The van der Waals surface area contributed by atoms with Gasteiger partial charge in [0.2, 0.25) is 0 Å². The molecule has 0 saturated heterocycles. The smallest absolute Gasteiger partial charge is 0.263 e. The second-order valence-electron chi connectivity index (χ2n) is 8.00. The molecule has 0 aliphatic heterocycles. The minimum atomic E-state index is -0.0820. The average Bonchev–Trinajstić information content (AvgIpc) is 3.17. The molecule has 4 heterocycles. The fourth-order valence-corrected chi connectivity index (χ4v) is 6.88. The van der Waals surface area contributed by atoms with Crippen LogP contribution < -0.4 is 5.56 Å². The number of rotatable bonds is 8. The Kier molecular flexibility index (Phi) is 5.69. The van der Waals surface area contributed by atoms with Gasteiger partial charge < -0.3 is 4.57 Å². The molecule has 1 fully saturated rings. The molecule has 0 atom stereocenters. The zero-order valence-electron chi connectivity index (χ0n) is 18.0. The molecule has 164 valence electrons. The van der Waals surface area contributed by atoms with Gasteiger partial charge in [0, 0.05) is 45.4 Å². The summed E-state index contributed by atoms with van der Waals surface area (Å²) >= 11 is 4.41. The summed E-state index contributed by atoms with van der Waals surface area (Å²) in [7, 11) is 0. The number of hydrogen-bond acceptors (Lipinski definition) is 6. The van der Waals surface area contributed by atoms with Crippen molar-refractivity contribution in [2.75, 3.05) is 5.75 Å². The van der Waals surface area contributed by atoms with Crippen LogP contribution in [0.3, 0.4) is 0 Å². The van der Waals surface area contributed by atoms with Crippen molar-refractivity contribution in [2.24, 2.45) is 0 Å². The van der Waals surface area contributed by atoms with E-state index in [4.69, 9.17) is 4.98 Å². The molecule has 0 spiro atoms. The number of thioether (sulfide) groups is 1. The van der Waals surface area contributed by atoms with Gasteiger partial charge in [-0.15, -0.1) is 29.3 Å². The minimum absolute atomic E-state index is 0.0694. The molecule has 32 heavy (non-hydrogen) atoms. The largest absolute Gasteiger partial charge is 0.345 e. The Morgan fingerprint density at radius 3 is 2.84 bits per heavy atom. The summed E-state index contributed by atoms with van der Waals surface area (Å²) in [6, 6.07) is 6.54. The quantitative estimate of drug-likeness (QED) is 0.132. The van der Waals surface area contributed by atoms with Gasteiger partial charge in [-0.25, -0.2) is 4.98 Å². The number of allylic oxidation sites excluding steroid dienone is 1. The van der Waals surface area contributed by atoms with Gasteiger partial charge in [0.15, 0.2) is 10.9 Å². The standard InChI is InChI=1S/C24H23N3O2S3/c1-4-9-26-23(29)21-18(20-6-5-10-30-20)12-31-22(21)25-24(26)32-13-19(28)17-11-14(2)27(15(17)3)16-7-8-16/h4-6,10-12,16H,1,7-9,13H2,2-3H3. The Labute approximate surface area is 198 Å². The van der Waals surface area contributed by atoms with Gasteiger partial charge in [-0.3, -0.25) is 14.2 Å². The van der Waals surface area contributed by atoms with Crippen LogP contribution in [0.25, 0.3) is 20.7 Å². The van der Waals surface area contributed by atoms with Crippen LogP contribution >= 0.6 is 34.4 Å². The third kappa shape index (κ3) is 3.70. The van der Waals surface area contributed by atoms with Gasteiger partial charge in [-0.05, 0) is 44.2 Å². The monoisotopic (exact) mass is 481 g/mol. The molecule has 0 radical (unpaired) electrons. The Bertz CT molecular complexity index is 1390. The Morgan fingerprint density at radius 2 is 2.16 bits per heavy atom. The molecule has 4 aromatic rings. The summed E-state index contributed by atoms with van der Waals surface area (Å²) in [5.41, 5.74) is 3.80. The average molecular weight is 482 g/mol. The van der Waals surface area contributed by atoms with Crippen LogP contribution in [0.2, 0.25) is 0 Å². The molecule has 1 aliphatic rings. The maximum Gasteiger partial charge on any atom is 0.263 e. The van der Waals surface area contributed by atoms with E-state index in [-0.39, 0.29) is 17.1 Å². The number of aromatic nitrogens is 3. The Balaban J connectivity index is 1.47. The molecular weight excluding hydrogens is 458 g/mol. The number of aryl methyl sites for hydroxylation is 1. The number of carbonyl (C=O) groups is 1. The van der Waals surface area contributed by atoms with Crippen molar-refractivity contribution in [3.8, 4) is 10.4 Å². The van der Waals surface area contributed by atoms with Crippen molar-refractivity contribution in [2.45, 2.75) is 44.4 Å². The van der Waals surface area contributed by atoms with Crippen LogP contribution in [0.1, 0.15) is 40.6 Å². The lowest BCUT2D eigenvalue weighted by atomic mass is 10.2. The first-order valence-corrected chi connectivity index (χ1v) is 13.2. The maximum atomic E-state index is 13.4. The summed E-state index contributed by atoms with van der Waals surface area (Å²) in [6.45, 7) is 8.25. The number of thiophene rings is 2. The summed E-state index contributed by atoms with van der Waals surface area (Å²) < 4.78 is 3.91. The zero-order valence-corrected chi connectivity index (χ0v) is 20.4. The molecule has 1 saturated carbocycles. The predicted molar refractivity (Wildman–Crippen MR) is 135 cm³/mol. The molecule has 1 aliphatic carbocycles. The maximum absolute atomic E-state index is 13.4. The van der Waals surface area contributed by atoms with E-state index in [9.17, 15) is 9.59 Å². The van der Waals surface area contributed by atoms with Gasteiger partial charge in [-0.2, -0.15) is 0 Å². The zero-order chi connectivity index (χ0) is 22.4. The minimum Gasteiger partial charge on any atom is -0.345 e. The van der Waals surface area contributed by atoms with Crippen LogP contribution in [0.4, 0.5) is 0 Å². The van der Waals surface area contributed by atoms with Gasteiger partial charge in [0.05, 0.1) is 11.1 Å². The highest BCUT2D eigenvalue weighted by molar-refractivity contribution is 7.99. The highest BCUT2D eigenvalue weighted by Crippen LogP contribution is 2.39. The molecule has 5 nitrogen and oxygen atoms in total. The van der Waals surface area contributed by atoms with E-state index in [1.54, 1.807) is 22.0 Å². The summed E-state index contributed by atoms with van der Waals surface area (Å²) in [4.78, 5) is 33.0. The predicted octanol–water partition coefficient (Wildman–Crippen LogP) is 6.10. The van der Waals surface area contributed by atoms with Gasteiger partial charge >= 0.3 is 0 Å². The van der Waals surface area contributed by atoms with Crippen LogP contribution in [-0.2, 0) is 6.54 Å². The third-order valence-electron chi connectivity index (χ3n) is 5.79. The molecule has 0 amide bonds. The number of nitrogens with zero attached hydrogens (tertiary/aromatic N) is 3. The van der Waals surface area contributed by atoms with Gasteiger partial charge in [-0.1, -0.05) is 23.9 Å². The number of Topliss-reactive ketones (excluding diaryl/α,β-unsaturated/α-hetero) is 1. The van der Waals surface area contributed by atoms with Gasteiger partial charge in [0.1, 0.15) is 4.83 Å². The highest BCUT2D eigenvalue weighted by atomic mass is 32.2. The molecule has 8 heteroatoms. The Morgan fingerprint density at radius 1 is 1.34 bits per heavy atom. The van der Waals surface area contributed by atoms with E-state index in [1.807, 2.05) is 35.9 Å². The first kappa shape index (κ1) is 21.4. The van der Waals surface area contributed by atoms with E-state index in [0.717, 1.165) is 27.4 Å². The lowest BCUT2D eigenvalue weighted by Crippen LogP contribution is -2.23. The lowest BCUT2D eigenvalue weighted by molar-refractivity contribution is 0.102. The SMILES string of the molecule is C=CCn1c(SCC(=O)c2cc(C)n(C3CC3)c2C)nc2scc(-c3cccs3)c2c1=O. The van der Waals surface area contributed by atoms with E-state index in [2.05, 4.69) is 18.1 Å². The molecule has 0 N–H and O–H groups in total. The van der Waals surface area contributed by atoms with Crippen molar-refractivity contribution in [1.82, 2.24) is 14.1 Å². The summed E-state index contributed by atoms with van der Waals surface area (Å²) in [5, 5.41) is 5.20. The number of hydrogen-bond donors (Lipinski definition) is 0. The van der Waals surface area contributed by atoms with Crippen LogP contribution in [0.15, 0.2) is 51.6 Å². The second kappa shape index (κ2) is 8.50. The fraction of sp³-hybridized carbons (Fsp3) is 0.292. The lowest BCUT2D eigenvalue weighted by Gasteiger charge is -2.10. The van der Waals surface area contributed by atoms with E-state index in [1.165, 1.54) is 35.9 Å². The van der Waals surface area contributed by atoms with Crippen molar-refractivity contribution >= 4 is 50.4 Å². The molecule has 0 unspecified atom stereocenters. The molecule has 4 aromatic heterocycles. The fourth-order valence-electron chi connectivity index (χ4n) is 4.18. The first-order valence-electron chi connectivity index (χ1n) is 10.5. The number of fused-ring (bicyclic) bond motifs is 1. The van der Waals surface area contributed by atoms with Crippen molar-refractivity contribution in [3.05, 3.63) is 68.9 Å². The number of ketones is 1. The van der Waals surface area contributed by atoms with E-state index in [0.29, 0.717) is 28.0 Å². The molecule has 0 aromatic carbocycles. The van der Waals surface area contributed by atoms with Gasteiger partial charge in [0.25, 0.3) is 5.56 Å². The van der Waals surface area contributed by atoms with Crippen LogP contribution in [-0.4, -0.2) is 25.7 Å². The van der Waals surface area contributed by atoms with Crippen LogP contribution in [0, 0.1) is 13.8 Å². The normalized spacial score (nSPS) is 13.7. The van der Waals surface area contributed by atoms with Crippen molar-refractivity contribution in [1.29, 1.82) is 0 Å². The van der Waals surface area contributed by atoms with E-state index < -0.39 is 0 Å². The van der Waals surface area contributed by atoms with E-state index >= 15 is 0 Å². The highest BCUT2D eigenvalue weighted by Gasteiger charge is 2.28.